The second-order valence-corrected chi connectivity index (χ2v) is 8.94. The second-order valence-electron chi connectivity index (χ2n) is 7.18. The third-order valence-corrected chi connectivity index (χ3v) is 6.51. The van der Waals surface area contributed by atoms with Crippen molar-refractivity contribution in [2.45, 2.75) is 38.5 Å². The van der Waals surface area contributed by atoms with Gasteiger partial charge in [0.2, 0.25) is 10.0 Å². The van der Waals surface area contributed by atoms with Crippen molar-refractivity contribution < 1.29 is 18.3 Å². The van der Waals surface area contributed by atoms with Crippen LogP contribution in [-0.2, 0) is 14.8 Å². The second kappa shape index (κ2) is 8.15. The summed E-state index contributed by atoms with van der Waals surface area (Å²) in [6, 6.07) is 8.34. The minimum Gasteiger partial charge on any atom is -0.481 e. The Morgan fingerprint density at radius 2 is 1.92 bits per heavy atom. The topological polar surface area (TPSA) is 83.5 Å². The molecule has 0 bridgehead atoms. The number of aliphatic carboxylic acids is 1. The average molecular weight is 365 g/mol. The molecule has 25 heavy (non-hydrogen) atoms. The van der Waals surface area contributed by atoms with E-state index in [4.69, 9.17) is 5.11 Å². The van der Waals surface area contributed by atoms with Gasteiger partial charge in [0.05, 0.1) is 11.3 Å². The Bertz CT molecular complexity index is 725. The summed E-state index contributed by atoms with van der Waals surface area (Å²) in [6.45, 7) is 6.49. The molecule has 138 valence electrons. The largest absolute Gasteiger partial charge is 0.481 e. The van der Waals surface area contributed by atoms with Crippen LogP contribution in [0.25, 0.3) is 0 Å². The molecule has 0 amide bonds. The monoisotopic (exact) mass is 365 g/mol. The molecular weight excluding hydrogens is 338 g/mol. The number of hydrogen-bond acceptors (Lipinski definition) is 3. The van der Waals surface area contributed by atoms with Gasteiger partial charge in [0, 0.05) is 6.54 Å². The molecule has 5 nitrogen and oxygen atoms in total. The van der Waals surface area contributed by atoms with Crippen LogP contribution in [0, 0.1) is 23.7 Å². The number of rotatable bonds is 7. The van der Waals surface area contributed by atoms with Crippen LogP contribution in [0.1, 0.15) is 33.6 Å². The molecule has 0 fully saturated rings. The minimum atomic E-state index is -3.53. The lowest BCUT2D eigenvalue weighted by Crippen LogP contribution is -2.37. The quantitative estimate of drug-likeness (QED) is 0.726. The van der Waals surface area contributed by atoms with Gasteiger partial charge >= 0.3 is 5.97 Å². The number of nitrogens with one attached hydrogen (secondary N) is 1. The molecule has 0 spiro atoms. The predicted molar refractivity (Wildman–Crippen MR) is 97.6 cm³/mol. The molecule has 2 N–H and O–H groups in total. The molecule has 1 aromatic rings. The van der Waals surface area contributed by atoms with Crippen molar-refractivity contribution in [3.8, 4) is 0 Å². The Kier molecular flexibility index (Phi) is 6.41. The van der Waals surface area contributed by atoms with Gasteiger partial charge in [-0.15, -0.1) is 0 Å². The summed E-state index contributed by atoms with van der Waals surface area (Å²) >= 11 is 0. The Balaban J connectivity index is 2.14. The molecular formula is C19H27NO4S. The maximum absolute atomic E-state index is 12.4. The third-order valence-electron chi connectivity index (χ3n) is 5.07. The van der Waals surface area contributed by atoms with E-state index < -0.39 is 16.0 Å². The molecule has 6 heteroatoms. The van der Waals surface area contributed by atoms with Gasteiger partial charge in [-0.25, -0.2) is 13.1 Å². The van der Waals surface area contributed by atoms with Crippen LogP contribution in [0.2, 0.25) is 0 Å². The van der Waals surface area contributed by atoms with Crippen LogP contribution in [0.4, 0.5) is 0 Å². The summed E-state index contributed by atoms with van der Waals surface area (Å²) in [7, 11) is -3.53. The van der Waals surface area contributed by atoms with Crippen molar-refractivity contribution in [3.05, 3.63) is 42.0 Å². The predicted octanol–water partition coefficient (Wildman–Crippen LogP) is 3.29. The number of carbonyl (C=O) groups is 1. The van der Waals surface area contributed by atoms with E-state index >= 15 is 0 Å². The van der Waals surface area contributed by atoms with E-state index in [0.29, 0.717) is 12.5 Å². The number of sulfonamides is 1. The normalized spacial score (nSPS) is 24.2. The highest BCUT2D eigenvalue weighted by molar-refractivity contribution is 7.89. The zero-order valence-electron chi connectivity index (χ0n) is 15.0. The molecule has 0 unspecified atom stereocenters. The fourth-order valence-corrected chi connectivity index (χ4v) is 4.70. The maximum atomic E-state index is 12.4. The molecule has 0 aliphatic heterocycles. The Morgan fingerprint density at radius 1 is 1.28 bits per heavy atom. The molecule has 0 saturated heterocycles. The summed E-state index contributed by atoms with van der Waals surface area (Å²) in [5.74, 6) is -0.0719. The van der Waals surface area contributed by atoms with Crippen LogP contribution in [0.15, 0.2) is 46.9 Å². The highest BCUT2D eigenvalue weighted by Crippen LogP contribution is 2.38. The van der Waals surface area contributed by atoms with Gasteiger partial charge in [-0.2, -0.15) is 0 Å². The van der Waals surface area contributed by atoms with Gasteiger partial charge in [0.1, 0.15) is 0 Å². The van der Waals surface area contributed by atoms with Gasteiger partial charge in [-0.3, -0.25) is 4.79 Å². The zero-order chi connectivity index (χ0) is 18.6. The number of carboxylic acids is 1. The van der Waals surface area contributed by atoms with E-state index in [9.17, 15) is 13.2 Å². The Labute approximate surface area is 150 Å². The first kappa shape index (κ1) is 19.7. The summed E-state index contributed by atoms with van der Waals surface area (Å²) in [4.78, 5) is 11.3. The fraction of sp³-hybridized carbons (Fsp3) is 0.526. The average Bonchev–Trinajstić information content (AvgIpc) is 2.55. The van der Waals surface area contributed by atoms with Crippen molar-refractivity contribution in [2.75, 3.05) is 6.54 Å². The van der Waals surface area contributed by atoms with Crippen LogP contribution in [0.3, 0.4) is 0 Å². The SMILES string of the molecule is CC1=C[C@@H](CNS(=O)(=O)c2ccccc2)[C@H](C(C)C)C[C@H]1CC(=O)O. The number of carboxylic acid groups (broad SMARTS) is 1. The minimum absolute atomic E-state index is 0.0341. The van der Waals surface area contributed by atoms with Crippen molar-refractivity contribution >= 4 is 16.0 Å². The third kappa shape index (κ3) is 5.16. The van der Waals surface area contributed by atoms with Crippen molar-refractivity contribution in [2.24, 2.45) is 23.7 Å². The van der Waals surface area contributed by atoms with E-state index in [-0.39, 0.29) is 29.1 Å². The van der Waals surface area contributed by atoms with Crippen molar-refractivity contribution in [3.63, 3.8) is 0 Å². The van der Waals surface area contributed by atoms with Gasteiger partial charge in [-0.1, -0.05) is 43.7 Å². The molecule has 0 saturated carbocycles. The molecule has 0 radical (unpaired) electrons. The smallest absolute Gasteiger partial charge is 0.303 e. The summed E-state index contributed by atoms with van der Waals surface area (Å²) < 4.78 is 27.6. The van der Waals surface area contributed by atoms with Gasteiger partial charge < -0.3 is 5.11 Å². The van der Waals surface area contributed by atoms with Gasteiger partial charge in [-0.05, 0) is 49.1 Å². The lowest BCUT2D eigenvalue weighted by Gasteiger charge is -2.36. The lowest BCUT2D eigenvalue weighted by atomic mass is 9.70. The summed E-state index contributed by atoms with van der Waals surface area (Å²) in [6.07, 6.45) is 2.98. The van der Waals surface area contributed by atoms with Crippen LogP contribution >= 0.6 is 0 Å². The van der Waals surface area contributed by atoms with E-state index in [1.165, 1.54) is 0 Å². The van der Waals surface area contributed by atoms with Crippen LogP contribution < -0.4 is 4.72 Å². The Morgan fingerprint density at radius 3 is 2.48 bits per heavy atom. The molecule has 1 aliphatic carbocycles. The van der Waals surface area contributed by atoms with Gasteiger partial charge in [0.15, 0.2) is 0 Å². The van der Waals surface area contributed by atoms with Crippen LogP contribution in [-0.4, -0.2) is 26.0 Å². The molecule has 1 aromatic carbocycles. The first-order valence-corrected chi connectivity index (χ1v) is 10.1. The molecule has 0 aromatic heterocycles. The number of benzene rings is 1. The summed E-state index contributed by atoms with van der Waals surface area (Å²) in [5, 5.41) is 9.09. The highest BCUT2D eigenvalue weighted by Gasteiger charge is 2.33. The standard InChI is InChI=1S/C19H27NO4S/c1-13(2)18-10-15(11-19(21)22)14(3)9-16(18)12-20-25(23,24)17-7-5-4-6-8-17/h4-9,13,15-16,18,20H,10-12H2,1-3H3,(H,21,22)/t15-,16-,18-/m0/s1. The summed E-state index contributed by atoms with van der Waals surface area (Å²) in [5.41, 5.74) is 1.04. The molecule has 3 atom stereocenters. The zero-order valence-corrected chi connectivity index (χ0v) is 15.8. The highest BCUT2D eigenvalue weighted by atomic mass is 32.2. The van der Waals surface area contributed by atoms with Crippen LogP contribution in [0.5, 0.6) is 0 Å². The first-order chi connectivity index (χ1) is 11.7. The lowest BCUT2D eigenvalue weighted by molar-refractivity contribution is -0.138. The fourth-order valence-electron chi connectivity index (χ4n) is 3.61. The number of hydrogen-bond donors (Lipinski definition) is 2. The molecule has 2 rings (SSSR count). The molecule has 0 heterocycles. The van der Waals surface area contributed by atoms with E-state index in [1.807, 2.05) is 6.92 Å². The Hall–Kier alpha value is -1.66. The van der Waals surface area contributed by atoms with Crippen molar-refractivity contribution in [1.82, 2.24) is 4.72 Å². The van der Waals surface area contributed by atoms with Crippen molar-refractivity contribution in [1.29, 1.82) is 0 Å². The first-order valence-electron chi connectivity index (χ1n) is 8.65. The molecule has 1 aliphatic rings. The van der Waals surface area contributed by atoms with E-state index in [2.05, 4.69) is 24.6 Å². The maximum Gasteiger partial charge on any atom is 0.303 e. The van der Waals surface area contributed by atoms with E-state index in [1.54, 1.807) is 30.3 Å². The van der Waals surface area contributed by atoms with Gasteiger partial charge in [0.25, 0.3) is 0 Å². The number of allylic oxidation sites excluding steroid dienone is 1. The van der Waals surface area contributed by atoms with E-state index in [0.717, 1.165) is 12.0 Å².